The molecule has 0 unspecified atom stereocenters. The number of esters is 1. The van der Waals surface area contributed by atoms with E-state index in [-0.39, 0.29) is 5.56 Å². The molecule has 0 radical (unpaired) electrons. The molecule has 2 rings (SSSR count). The number of ether oxygens (including phenoxy) is 2. The van der Waals surface area contributed by atoms with E-state index in [4.69, 9.17) is 9.47 Å². The lowest BCUT2D eigenvalue weighted by Crippen LogP contribution is -2.43. The fourth-order valence-electron chi connectivity index (χ4n) is 2.02. The number of amides is 2. The molecule has 0 aliphatic heterocycles. The Balaban J connectivity index is 1.71. The summed E-state index contributed by atoms with van der Waals surface area (Å²) in [6, 6.07) is 11.7. The molecule has 2 aromatic carbocycles. The van der Waals surface area contributed by atoms with Gasteiger partial charge in [-0.2, -0.15) is 0 Å². The Morgan fingerprint density at radius 3 is 2.34 bits per heavy atom. The van der Waals surface area contributed by atoms with Crippen LogP contribution in [0.2, 0.25) is 0 Å². The predicted octanol–water partition coefficient (Wildman–Crippen LogP) is 2.41. The average Bonchev–Trinajstić information content (AvgIpc) is 2.74. The number of carbonyl (C=O) groups excluding carboxylic acids is 3. The first-order valence-corrected chi connectivity index (χ1v) is 8.51. The first-order chi connectivity index (χ1) is 14.0. The molecule has 0 atom stereocenters. The van der Waals surface area contributed by atoms with Gasteiger partial charge in [0.05, 0.1) is 0 Å². The van der Waals surface area contributed by atoms with Crippen LogP contribution in [-0.4, -0.2) is 31.0 Å². The van der Waals surface area contributed by atoms with Crippen LogP contribution in [0.25, 0.3) is 6.08 Å². The van der Waals surface area contributed by atoms with Crippen molar-refractivity contribution in [1.29, 1.82) is 0 Å². The Morgan fingerprint density at radius 2 is 1.69 bits per heavy atom. The van der Waals surface area contributed by atoms with Crippen molar-refractivity contribution < 1.29 is 28.2 Å². The summed E-state index contributed by atoms with van der Waals surface area (Å²) in [6.07, 6.45) is 4.33. The Labute approximate surface area is 166 Å². The number of carbonyl (C=O) groups is 3. The van der Waals surface area contributed by atoms with Gasteiger partial charge >= 0.3 is 5.97 Å². The van der Waals surface area contributed by atoms with Gasteiger partial charge in [0.2, 0.25) is 0 Å². The van der Waals surface area contributed by atoms with Crippen LogP contribution in [0.4, 0.5) is 4.39 Å². The van der Waals surface area contributed by atoms with Crippen LogP contribution in [0.5, 0.6) is 5.75 Å². The van der Waals surface area contributed by atoms with E-state index in [0.29, 0.717) is 12.4 Å². The fourth-order valence-corrected chi connectivity index (χ4v) is 2.02. The van der Waals surface area contributed by atoms with Crippen molar-refractivity contribution in [2.45, 2.75) is 0 Å². The Kier molecular flexibility index (Phi) is 8.12. The van der Waals surface area contributed by atoms with Gasteiger partial charge in [0.15, 0.2) is 6.61 Å². The molecule has 2 amide bonds. The van der Waals surface area contributed by atoms with E-state index < -0.39 is 30.2 Å². The number of hydrazine groups is 1. The molecule has 29 heavy (non-hydrogen) atoms. The van der Waals surface area contributed by atoms with E-state index in [1.54, 1.807) is 30.3 Å². The molecule has 2 aromatic rings. The first-order valence-electron chi connectivity index (χ1n) is 8.51. The van der Waals surface area contributed by atoms with Crippen molar-refractivity contribution in [1.82, 2.24) is 10.9 Å². The molecule has 0 spiro atoms. The number of rotatable bonds is 8. The maximum absolute atomic E-state index is 12.8. The van der Waals surface area contributed by atoms with Gasteiger partial charge in [-0.25, -0.2) is 9.18 Å². The van der Waals surface area contributed by atoms with Crippen LogP contribution in [0.3, 0.4) is 0 Å². The highest BCUT2D eigenvalue weighted by Crippen LogP contribution is 2.13. The molecule has 0 aliphatic carbocycles. The molecule has 150 valence electrons. The van der Waals surface area contributed by atoms with Crippen LogP contribution in [-0.2, 0) is 14.3 Å². The Morgan fingerprint density at radius 1 is 1.00 bits per heavy atom. The van der Waals surface area contributed by atoms with E-state index >= 15 is 0 Å². The number of nitrogens with one attached hydrogen (secondary N) is 2. The zero-order chi connectivity index (χ0) is 21.1. The van der Waals surface area contributed by atoms with E-state index in [1.807, 2.05) is 0 Å². The van der Waals surface area contributed by atoms with Gasteiger partial charge in [-0.1, -0.05) is 24.8 Å². The largest absolute Gasteiger partial charge is 0.490 e. The van der Waals surface area contributed by atoms with Crippen molar-refractivity contribution in [3.8, 4) is 5.75 Å². The van der Waals surface area contributed by atoms with Gasteiger partial charge in [0.1, 0.15) is 18.2 Å². The molecule has 0 fully saturated rings. The summed E-state index contributed by atoms with van der Waals surface area (Å²) in [4.78, 5) is 35.1. The normalized spacial score (nSPS) is 10.2. The van der Waals surface area contributed by atoms with Gasteiger partial charge in [-0.3, -0.25) is 20.4 Å². The molecule has 0 bridgehead atoms. The predicted molar refractivity (Wildman–Crippen MR) is 104 cm³/mol. The molecular formula is C21H19FN2O5. The van der Waals surface area contributed by atoms with E-state index in [2.05, 4.69) is 17.4 Å². The first kappa shape index (κ1) is 21.4. The summed E-state index contributed by atoms with van der Waals surface area (Å²) in [5, 5.41) is 0. The summed E-state index contributed by atoms with van der Waals surface area (Å²) >= 11 is 0. The van der Waals surface area contributed by atoms with Crippen LogP contribution in [0.15, 0.2) is 67.3 Å². The van der Waals surface area contributed by atoms with Crippen molar-refractivity contribution in [3.63, 3.8) is 0 Å². The minimum atomic E-state index is -0.731. The summed E-state index contributed by atoms with van der Waals surface area (Å²) in [6.45, 7) is 3.37. The van der Waals surface area contributed by atoms with Crippen molar-refractivity contribution in [2.75, 3.05) is 13.2 Å². The molecule has 0 saturated carbocycles. The lowest BCUT2D eigenvalue weighted by molar-refractivity contribution is -0.144. The Bertz CT molecular complexity index is 892. The van der Waals surface area contributed by atoms with E-state index in [0.717, 1.165) is 17.7 Å². The summed E-state index contributed by atoms with van der Waals surface area (Å²) in [7, 11) is 0. The van der Waals surface area contributed by atoms with Crippen molar-refractivity contribution >= 4 is 23.9 Å². The van der Waals surface area contributed by atoms with Crippen LogP contribution >= 0.6 is 0 Å². The number of benzene rings is 2. The molecule has 0 heterocycles. The number of halogens is 1. The van der Waals surface area contributed by atoms with Gasteiger partial charge in [0.25, 0.3) is 11.8 Å². The molecule has 2 N–H and O–H groups in total. The summed E-state index contributed by atoms with van der Waals surface area (Å²) in [5.41, 5.74) is 5.12. The standard InChI is InChI=1S/C21H19FN2O5/c1-2-13-28-18-10-3-15(4-11-18)5-12-20(26)29-14-19(25)23-24-21(27)16-6-8-17(22)9-7-16/h2-12H,1,13-14H2,(H,23,25)(H,24,27)/b12-5+. The molecule has 0 saturated heterocycles. The zero-order valence-electron chi connectivity index (χ0n) is 15.4. The summed E-state index contributed by atoms with van der Waals surface area (Å²) in [5.74, 6) is -1.90. The Hall–Kier alpha value is -3.94. The fraction of sp³-hybridized carbons (Fsp3) is 0.0952. The van der Waals surface area contributed by atoms with Crippen molar-refractivity contribution in [3.05, 3.63) is 84.2 Å². The minimum Gasteiger partial charge on any atom is -0.490 e. The highest BCUT2D eigenvalue weighted by molar-refractivity contribution is 5.95. The molecule has 0 aromatic heterocycles. The second kappa shape index (κ2) is 11.0. The molecule has 0 aliphatic rings. The highest BCUT2D eigenvalue weighted by Gasteiger charge is 2.09. The molecule has 8 heteroatoms. The van der Waals surface area contributed by atoms with Gasteiger partial charge in [0, 0.05) is 11.6 Å². The lowest BCUT2D eigenvalue weighted by atomic mass is 10.2. The maximum atomic E-state index is 12.8. The average molecular weight is 398 g/mol. The second-order valence-electron chi connectivity index (χ2n) is 5.62. The third-order valence-corrected chi connectivity index (χ3v) is 3.43. The van der Waals surface area contributed by atoms with Crippen LogP contribution < -0.4 is 15.6 Å². The third kappa shape index (κ3) is 7.67. The molecule has 7 nitrogen and oxygen atoms in total. The monoisotopic (exact) mass is 398 g/mol. The van der Waals surface area contributed by atoms with Crippen LogP contribution in [0, 0.1) is 5.82 Å². The minimum absolute atomic E-state index is 0.160. The van der Waals surface area contributed by atoms with Gasteiger partial charge in [-0.15, -0.1) is 0 Å². The number of hydrogen-bond acceptors (Lipinski definition) is 5. The summed E-state index contributed by atoms with van der Waals surface area (Å²) < 4.78 is 22.9. The second-order valence-corrected chi connectivity index (χ2v) is 5.62. The van der Waals surface area contributed by atoms with Crippen molar-refractivity contribution in [2.24, 2.45) is 0 Å². The zero-order valence-corrected chi connectivity index (χ0v) is 15.4. The number of hydrogen-bond donors (Lipinski definition) is 2. The van der Waals surface area contributed by atoms with E-state index in [9.17, 15) is 18.8 Å². The lowest BCUT2D eigenvalue weighted by Gasteiger charge is -2.07. The third-order valence-electron chi connectivity index (χ3n) is 3.43. The van der Waals surface area contributed by atoms with Crippen LogP contribution in [0.1, 0.15) is 15.9 Å². The maximum Gasteiger partial charge on any atom is 0.331 e. The van der Waals surface area contributed by atoms with Gasteiger partial charge < -0.3 is 9.47 Å². The SMILES string of the molecule is C=CCOc1ccc(/C=C/C(=O)OCC(=O)NNC(=O)c2ccc(F)cc2)cc1. The quantitative estimate of drug-likeness (QED) is 0.308. The van der Waals surface area contributed by atoms with Gasteiger partial charge in [-0.05, 0) is 48.0 Å². The highest BCUT2D eigenvalue weighted by atomic mass is 19.1. The smallest absolute Gasteiger partial charge is 0.331 e. The topological polar surface area (TPSA) is 93.7 Å². The van der Waals surface area contributed by atoms with E-state index in [1.165, 1.54) is 24.3 Å². The molecular weight excluding hydrogens is 379 g/mol.